The normalized spacial score (nSPS) is 11.3. The van der Waals surface area contributed by atoms with Gasteiger partial charge in [-0.2, -0.15) is 0 Å². The molecule has 170 valence electrons. The van der Waals surface area contributed by atoms with E-state index < -0.39 is 0 Å². The van der Waals surface area contributed by atoms with Crippen molar-refractivity contribution < 1.29 is 0 Å². The van der Waals surface area contributed by atoms with E-state index >= 15 is 0 Å². The Morgan fingerprint density at radius 1 is 0.629 bits per heavy atom. The first kappa shape index (κ1) is 21.3. The number of hydrogen-bond donors (Lipinski definition) is 2. The van der Waals surface area contributed by atoms with Gasteiger partial charge in [0.2, 0.25) is 0 Å². The first-order valence-corrected chi connectivity index (χ1v) is 11.8. The molecule has 6 rings (SSSR count). The summed E-state index contributed by atoms with van der Waals surface area (Å²) in [5.74, 6) is 0. The van der Waals surface area contributed by atoms with Crippen molar-refractivity contribution in [3.05, 3.63) is 91.0 Å². The van der Waals surface area contributed by atoms with Crippen LogP contribution < -0.4 is 15.5 Å². The van der Waals surface area contributed by atoms with E-state index in [4.69, 9.17) is 22.2 Å². The summed E-state index contributed by atoms with van der Waals surface area (Å²) in [7, 11) is 4.04. The molecule has 1 aromatic heterocycles. The van der Waals surface area contributed by atoms with E-state index in [1.807, 2.05) is 44.4 Å². The van der Waals surface area contributed by atoms with Crippen LogP contribution in [0.5, 0.6) is 0 Å². The lowest BCUT2D eigenvalue weighted by atomic mass is 9.99. The Hall–Kier alpha value is -4.29. The van der Waals surface area contributed by atoms with Gasteiger partial charge in [-0.3, -0.25) is 0 Å². The Bertz CT molecular complexity index is 1740. The highest BCUT2D eigenvalue weighted by Crippen LogP contribution is 2.34. The molecule has 0 spiro atoms. The number of nitrogens with one attached hydrogen (secondary N) is 2. The average Bonchev–Trinajstić information content (AvgIpc) is 2.88. The van der Waals surface area contributed by atoms with E-state index in [1.165, 1.54) is 10.8 Å². The molecule has 0 fully saturated rings. The first-order valence-electron chi connectivity index (χ1n) is 11.4. The van der Waals surface area contributed by atoms with Crippen LogP contribution in [-0.4, -0.2) is 29.2 Å². The fourth-order valence-electron chi connectivity index (χ4n) is 4.49. The number of rotatable bonds is 3. The van der Waals surface area contributed by atoms with E-state index in [9.17, 15) is 0 Å². The molecule has 0 amide bonds. The Kier molecular flexibility index (Phi) is 5.16. The Balaban J connectivity index is 1.37. The molecule has 5 nitrogen and oxygen atoms in total. The van der Waals surface area contributed by atoms with Gasteiger partial charge in [0.15, 0.2) is 5.11 Å². The van der Waals surface area contributed by atoms with E-state index in [0.29, 0.717) is 5.11 Å². The minimum absolute atomic E-state index is 0.521. The summed E-state index contributed by atoms with van der Waals surface area (Å²) in [6.07, 6.45) is 0. The third kappa shape index (κ3) is 3.88. The van der Waals surface area contributed by atoms with Crippen LogP contribution in [0.15, 0.2) is 91.0 Å². The minimum atomic E-state index is 0.521. The van der Waals surface area contributed by atoms with Gasteiger partial charge in [0.05, 0.1) is 22.1 Å². The van der Waals surface area contributed by atoms with Crippen LogP contribution in [0, 0.1) is 0 Å². The van der Waals surface area contributed by atoms with Crippen molar-refractivity contribution in [2.75, 3.05) is 29.6 Å². The predicted octanol–water partition coefficient (Wildman–Crippen LogP) is 6.96. The molecule has 6 aromatic rings. The first-order chi connectivity index (χ1) is 17.1. The largest absolute Gasteiger partial charge is 0.378 e. The fraction of sp³-hybridized carbons (Fsp3) is 0.0690. The van der Waals surface area contributed by atoms with Gasteiger partial charge in [-0.15, -0.1) is 0 Å². The highest BCUT2D eigenvalue weighted by atomic mass is 32.1. The summed E-state index contributed by atoms with van der Waals surface area (Å²) in [6, 6.07) is 30.9. The smallest absolute Gasteiger partial charge is 0.175 e. The summed E-state index contributed by atoms with van der Waals surface area (Å²) in [6.45, 7) is 0. The molecule has 0 saturated carbocycles. The number of thiocarbonyl (C=S) groups is 1. The van der Waals surface area contributed by atoms with Gasteiger partial charge in [0, 0.05) is 41.9 Å². The third-order valence-electron chi connectivity index (χ3n) is 6.22. The quantitative estimate of drug-likeness (QED) is 0.165. The van der Waals surface area contributed by atoms with Gasteiger partial charge in [0.25, 0.3) is 0 Å². The maximum absolute atomic E-state index is 5.55. The molecule has 2 N–H and O–H groups in total. The maximum atomic E-state index is 5.55. The maximum Gasteiger partial charge on any atom is 0.175 e. The summed E-state index contributed by atoms with van der Waals surface area (Å²) in [5, 5.41) is 11.6. The number of hydrogen-bond acceptors (Lipinski definition) is 4. The molecular formula is C29H23N5S. The van der Waals surface area contributed by atoms with Crippen molar-refractivity contribution in [1.29, 1.82) is 0 Å². The summed E-state index contributed by atoms with van der Waals surface area (Å²) >= 11 is 5.55. The highest BCUT2D eigenvalue weighted by molar-refractivity contribution is 7.80. The highest BCUT2D eigenvalue weighted by Gasteiger charge is 2.12. The second kappa shape index (κ2) is 8.49. The lowest BCUT2D eigenvalue weighted by Gasteiger charge is -2.14. The summed E-state index contributed by atoms with van der Waals surface area (Å²) < 4.78 is 0. The van der Waals surface area contributed by atoms with Crippen molar-refractivity contribution in [2.24, 2.45) is 0 Å². The number of fused-ring (bicyclic) bond motifs is 7. The van der Waals surface area contributed by atoms with Gasteiger partial charge in [-0.1, -0.05) is 48.5 Å². The molecule has 0 unspecified atom stereocenters. The molecule has 5 aromatic carbocycles. The van der Waals surface area contributed by atoms with Crippen molar-refractivity contribution in [3.63, 3.8) is 0 Å². The molecule has 1 heterocycles. The molecular weight excluding hydrogens is 450 g/mol. The molecule has 6 heteroatoms. The second-order valence-corrected chi connectivity index (χ2v) is 9.14. The van der Waals surface area contributed by atoms with Crippen LogP contribution in [0.25, 0.3) is 43.6 Å². The van der Waals surface area contributed by atoms with Crippen molar-refractivity contribution >= 4 is 78.0 Å². The number of benzene rings is 5. The van der Waals surface area contributed by atoms with Crippen molar-refractivity contribution in [1.82, 2.24) is 9.97 Å². The molecule has 0 aliphatic rings. The standard InChI is InChI=1S/C29H23N5S/c1-34(2)20-14-11-18(12-15-20)30-29(35)31-19-13-16-25-26(17-19)33-28-24-10-6-4-8-22(24)21-7-3-5-9-23(21)27(28)32-25/h3-17H,1-2H3,(H2,30,31,35). The molecule has 0 aliphatic heterocycles. The van der Waals surface area contributed by atoms with Crippen LogP contribution in [-0.2, 0) is 0 Å². The van der Waals surface area contributed by atoms with Gasteiger partial charge in [0.1, 0.15) is 0 Å². The van der Waals surface area contributed by atoms with Crippen LogP contribution in [0.1, 0.15) is 0 Å². The van der Waals surface area contributed by atoms with Crippen molar-refractivity contribution in [2.45, 2.75) is 0 Å². The Labute approximate surface area is 208 Å². The molecule has 0 radical (unpaired) electrons. The van der Waals surface area contributed by atoms with Crippen LogP contribution in [0.2, 0.25) is 0 Å². The molecule has 0 saturated heterocycles. The van der Waals surface area contributed by atoms with Gasteiger partial charge in [-0.25, -0.2) is 9.97 Å². The second-order valence-electron chi connectivity index (χ2n) is 8.74. The fourth-order valence-corrected chi connectivity index (χ4v) is 4.73. The lowest BCUT2D eigenvalue weighted by molar-refractivity contribution is 1.13. The SMILES string of the molecule is CN(C)c1ccc(NC(=S)Nc2ccc3nc4c5ccccc5c5ccccc5c4nc3c2)cc1. The van der Waals surface area contributed by atoms with E-state index in [0.717, 1.165) is 49.9 Å². The lowest BCUT2D eigenvalue weighted by Crippen LogP contribution is -2.19. The zero-order valence-electron chi connectivity index (χ0n) is 19.4. The van der Waals surface area contributed by atoms with Crippen LogP contribution in [0.4, 0.5) is 17.1 Å². The van der Waals surface area contributed by atoms with Crippen molar-refractivity contribution in [3.8, 4) is 0 Å². The van der Waals surface area contributed by atoms with Crippen LogP contribution >= 0.6 is 12.2 Å². The number of nitrogens with zero attached hydrogens (tertiary/aromatic N) is 3. The van der Waals surface area contributed by atoms with E-state index in [-0.39, 0.29) is 0 Å². The number of aromatic nitrogens is 2. The van der Waals surface area contributed by atoms with E-state index in [1.54, 1.807) is 0 Å². The molecule has 35 heavy (non-hydrogen) atoms. The number of anilines is 3. The Morgan fingerprint density at radius 2 is 1.14 bits per heavy atom. The monoisotopic (exact) mass is 473 g/mol. The summed E-state index contributed by atoms with van der Waals surface area (Å²) in [5.41, 5.74) is 6.42. The molecule has 0 aliphatic carbocycles. The van der Waals surface area contributed by atoms with Gasteiger partial charge < -0.3 is 15.5 Å². The topological polar surface area (TPSA) is 53.1 Å². The molecule has 0 atom stereocenters. The zero-order valence-corrected chi connectivity index (χ0v) is 20.2. The summed E-state index contributed by atoms with van der Waals surface area (Å²) in [4.78, 5) is 12.1. The van der Waals surface area contributed by atoms with Crippen LogP contribution in [0.3, 0.4) is 0 Å². The van der Waals surface area contributed by atoms with E-state index in [2.05, 4.69) is 76.2 Å². The third-order valence-corrected chi connectivity index (χ3v) is 6.42. The van der Waals surface area contributed by atoms with Gasteiger partial charge in [-0.05, 0) is 65.5 Å². The minimum Gasteiger partial charge on any atom is -0.378 e. The Morgan fingerprint density at radius 3 is 1.74 bits per heavy atom. The van der Waals surface area contributed by atoms with Gasteiger partial charge >= 0.3 is 0 Å². The average molecular weight is 474 g/mol. The predicted molar refractivity (Wildman–Crippen MR) is 153 cm³/mol. The molecule has 0 bridgehead atoms. The zero-order chi connectivity index (χ0) is 23.9.